The molecule has 1 N–H and O–H groups in total. The van der Waals surface area contributed by atoms with E-state index in [1.807, 2.05) is 25.1 Å². The predicted molar refractivity (Wildman–Crippen MR) is 124 cm³/mol. The van der Waals surface area contributed by atoms with E-state index >= 15 is 0 Å². The number of rotatable bonds is 13. The van der Waals surface area contributed by atoms with Gasteiger partial charge in [0, 0.05) is 6.42 Å². The van der Waals surface area contributed by atoms with Crippen molar-refractivity contribution >= 4 is 11.9 Å². The summed E-state index contributed by atoms with van der Waals surface area (Å²) in [4.78, 5) is 25.1. The van der Waals surface area contributed by atoms with Gasteiger partial charge in [-0.3, -0.25) is 4.79 Å². The molecule has 1 aromatic carbocycles. The van der Waals surface area contributed by atoms with Crippen molar-refractivity contribution in [3.05, 3.63) is 29.3 Å². The van der Waals surface area contributed by atoms with Crippen LogP contribution >= 0.6 is 0 Å². The van der Waals surface area contributed by atoms with Crippen molar-refractivity contribution in [3.8, 4) is 5.75 Å². The molecule has 174 valence electrons. The van der Waals surface area contributed by atoms with Gasteiger partial charge < -0.3 is 14.8 Å². The Kier molecular flexibility index (Phi) is 11.5. The summed E-state index contributed by atoms with van der Waals surface area (Å²) in [6, 6.07) is 5.38. The molecule has 5 nitrogen and oxygen atoms in total. The standard InChI is InChI=1S/C26H41NO4/c1-4-6-17-30-24-15-14-22(19-23(24)26(29)31-18-7-5-2)20(3)27-25(28)16-13-21-11-9-8-10-12-21/h14-15,19-21H,4-13,16-18H2,1-3H3,(H,27,28). The first kappa shape index (κ1) is 25.2. The van der Waals surface area contributed by atoms with Crippen molar-refractivity contribution in [1.82, 2.24) is 5.32 Å². The molecule has 2 rings (SSSR count). The van der Waals surface area contributed by atoms with Crippen LogP contribution in [0.1, 0.15) is 113 Å². The van der Waals surface area contributed by atoms with Gasteiger partial charge in [0.05, 0.1) is 19.3 Å². The number of hydrogen-bond acceptors (Lipinski definition) is 4. The molecule has 31 heavy (non-hydrogen) atoms. The van der Waals surface area contributed by atoms with Crippen molar-refractivity contribution in [3.63, 3.8) is 0 Å². The van der Waals surface area contributed by atoms with E-state index in [9.17, 15) is 9.59 Å². The van der Waals surface area contributed by atoms with E-state index in [-0.39, 0.29) is 17.9 Å². The fourth-order valence-electron chi connectivity index (χ4n) is 4.02. The molecule has 1 aromatic rings. The van der Waals surface area contributed by atoms with E-state index in [0.29, 0.717) is 36.9 Å². The second-order valence-electron chi connectivity index (χ2n) is 8.78. The topological polar surface area (TPSA) is 64.6 Å². The van der Waals surface area contributed by atoms with Gasteiger partial charge in [0.15, 0.2) is 0 Å². The van der Waals surface area contributed by atoms with Crippen LogP contribution in [0, 0.1) is 5.92 Å². The van der Waals surface area contributed by atoms with Gasteiger partial charge in [0.2, 0.25) is 5.91 Å². The lowest BCUT2D eigenvalue weighted by molar-refractivity contribution is -0.122. The van der Waals surface area contributed by atoms with Gasteiger partial charge in [0.1, 0.15) is 11.3 Å². The fraction of sp³-hybridized carbons (Fsp3) is 0.692. The van der Waals surface area contributed by atoms with Crippen molar-refractivity contribution < 1.29 is 19.1 Å². The Hall–Kier alpha value is -2.04. The third-order valence-corrected chi connectivity index (χ3v) is 6.09. The van der Waals surface area contributed by atoms with Crippen LogP contribution in [-0.4, -0.2) is 25.1 Å². The molecule has 0 aromatic heterocycles. The molecule has 1 atom stereocenters. The molecule has 1 amide bonds. The molecular formula is C26H41NO4. The molecule has 5 heteroatoms. The predicted octanol–water partition coefficient (Wildman–Crippen LogP) is 6.36. The van der Waals surface area contributed by atoms with E-state index in [2.05, 4.69) is 19.2 Å². The zero-order valence-corrected chi connectivity index (χ0v) is 19.7. The minimum absolute atomic E-state index is 0.0772. The van der Waals surface area contributed by atoms with Gasteiger partial charge >= 0.3 is 5.97 Å². The number of carbonyl (C=O) groups is 2. The molecule has 0 bridgehead atoms. The van der Waals surface area contributed by atoms with Gasteiger partial charge in [-0.05, 0) is 49.8 Å². The lowest BCUT2D eigenvalue weighted by atomic mass is 9.86. The zero-order chi connectivity index (χ0) is 22.5. The molecule has 1 aliphatic carbocycles. The smallest absolute Gasteiger partial charge is 0.341 e. The van der Waals surface area contributed by atoms with Crippen LogP contribution in [0.5, 0.6) is 5.75 Å². The highest BCUT2D eigenvalue weighted by atomic mass is 16.5. The van der Waals surface area contributed by atoms with Crippen LogP contribution < -0.4 is 10.1 Å². The van der Waals surface area contributed by atoms with Gasteiger partial charge in [-0.2, -0.15) is 0 Å². The molecule has 1 fully saturated rings. The minimum atomic E-state index is -0.363. The number of ether oxygens (including phenoxy) is 2. The van der Waals surface area contributed by atoms with Crippen LogP contribution in [0.4, 0.5) is 0 Å². The summed E-state index contributed by atoms with van der Waals surface area (Å²) in [5, 5.41) is 3.09. The molecule has 1 aliphatic rings. The number of amides is 1. The largest absolute Gasteiger partial charge is 0.493 e. The summed E-state index contributed by atoms with van der Waals surface area (Å²) in [7, 11) is 0. The first-order valence-corrected chi connectivity index (χ1v) is 12.3. The van der Waals surface area contributed by atoms with Gasteiger partial charge in [-0.25, -0.2) is 4.79 Å². The highest BCUT2D eigenvalue weighted by molar-refractivity contribution is 5.92. The third kappa shape index (κ3) is 8.92. The molecular weight excluding hydrogens is 390 g/mol. The summed E-state index contributed by atoms with van der Waals surface area (Å²) in [5.74, 6) is 0.958. The fourth-order valence-corrected chi connectivity index (χ4v) is 4.02. The van der Waals surface area contributed by atoms with Crippen LogP contribution in [0.2, 0.25) is 0 Å². The number of esters is 1. The van der Waals surface area contributed by atoms with Crippen molar-refractivity contribution in [2.75, 3.05) is 13.2 Å². The van der Waals surface area contributed by atoms with E-state index in [4.69, 9.17) is 9.47 Å². The molecule has 0 radical (unpaired) electrons. The molecule has 1 saturated carbocycles. The van der Waals surface area contributed by atoms with Crippen LogP contribution in [0.3, 0.4) is 0 Å². The number of nitrogens with one attached hydrogen (secondary N) is 1. The van der Waals surface area contributed by atoms with E-state index in [1.54, 1.807) is 0 Å². The molecule has 0 spiro atoms. The van der Waals surface area contributed by atoms with E-state index < -0.39 is 0 Å². The highest BCUT2D eigenvalue weighted by Crippen LogP contribution is 2.28. The number of benzene rings is 1. The maximum Gasteiger partial charge on any atom is 0.341 e. The van der Waals surface area contributed by atoms with Crippen LogP contribution in [-0.2, 0) is 9.53 Å². The normalized spacial score (nSPS) is 15.3. The Balaban J connectivity index is 1.99. The summed E-state index contributed by atoms with van der Waals surface area (Å²) >= 11 is 0. The molecule has 0 saturated heterocycles. The monoisotopic (exact) mass is 431 g/mol. The highest BCUT2D eigenvalue weighted by Gasteiger charge is 2.19. The third-order valence-electron chi connectivity index (χ3n) is 6.09. The van der Waals surface area contributed by atoms with E-state index in [1.165, 1.54) is 32.1 Å². The average Bonchev–Trinajstić information content (AvgIpc) is 2.78. The Bertz CT molecular complexity index is 682. The summed E-state index contributed by atoms with van der Waals surface area (Å²) in [5.41, 5.74) is 1.32. The maximum atomic E-state index is 12.7. The van der Waals surface area contributed by atoms with Gasteiger partial charge in [-0.15, -0.1) is 0 Å². The van der Waals surface area contributed by atoms with Crippen LogP contribution in [0.25, 0.3) is 0 Å². The Morgan fingerprint density at radius 1 is 1.06 bits per heavy atom. The van der Waals surface area contributed by atoms with Crippen LogP contribution in [0.15, 0.2) is 18.2 Å². The van der Waals surface area contributed by atoms with Gasteiger partial charge in [0.25, 0.3) is 0 Å². The Morgan fingerprint density at radius 3 is 2.48 bits per heavy atom. The maximum absolute atomic E-state index is 12.7. The summed E-state index contributed by atoms with van der Waals surface area (Å²) in [6.45, 7) is 7.09. The first-order valence-electron chi connectivity index (χ1n) is 12.3. The molecule has 0 heterocycles. The average molecular weight is 432 g/mol. The van der Waals surface area contributed by atoms with Crippen molar-refractivity contribution in [2.24, 2.45) is 5.92 Å². The number of unbranched alkanes of at least 4 members (excludes halogenated alkanes) is 2. The zero-order valence-electron chi connectivity index (χ0n) is 19.7. The second-order valence-corrected chi connectivity index (χ2v) is 8.78. The SMILES string of the molecule is CCCCOC(=O)c1cc(C(C)NC(=O)CCC2CCCCC2)ccc1OCCCC. The van der Waals surface area contributed by atoms with Crippen molar-refractivity contribution in [1.29, 1.82) is 0 Å². The summed E-state index contributed by atoms with van der Waals surface area (Å²) < 4.78 is 11.3. The molecule has 0 aliphatic heterocycles. The second kappa shape index (κ2) is 14.1. The minimum Gasteiger partial charge on any atom is -0.493 e. The quantitative estimate of drug-likeness (QED) is 0.291. The molecule has 1 unspecified atom stereocenters. The number of carbonyl (C=O) groups excluding carboxylic acids is 2. The lowest BCUT2D eigenvalue weighted by Crippen LogP contribution is -2.27. The Morgan fingerprint density at radius 2 is 1.77 bits per heavy atom. The van der Waals surface area contributed by atoms with Gasteiger partial charge in [-0.1, -0.05) is 64.9 Å². The lowest BCUT2D eigenvalue weighted by Gasteiger charge is -2.22. The summed E-state index contributed by atoms with van der Waals surface area (Å²) in [6.07, 6.45) is 11.7. The number of hydrogen-bond donors (Lipinski definition) is 1. The Labute approximate surface area is 188 Å². The van der Waals surface area contributed by atoms with E-state index in [0.717, 1.165) is 37.7 Å². The first-order chi connectivity index (χ1) is 15.0. The van der Waals surface area contributed by atoms with Crippen molar-refractivity contribution in [2.45, 2.75) is 97.4 Å².